The first kappa shape index (κ1) is 12.6. The molecule has 2 N–H and O–H groups in total. The van der Waals surface area contributed by atoms with Crippen molar-refractivity contribution in [3.8, 4) is 0 Å². The molecule has 7 heteroatoms. The minimum absolute atomic E-state index is 0.0285. The third-order valence-electron chi connectivity index (χ3n) is 2.61. The number of anilines is 1. The second kappa shape index (κ2) is 4.77. The highest BCUT2D eigenvalue weighted by Crippen LogP contribution is 2.24. The van der Waals surface area contributed by atoms with E-state index in [0.29, 0.717) is 11.5 Å². The van der Waals surface area contributed by atoms with Crippen LogP contribution in [0, 0.1) is 0 Å². The molecule has 0 aliphatic carbocycles. The van der Waals surface area contributed by atoms with Crippen molar-refractivity contribution in [3.63, 3.8) is 0 Å². The van der Waals surface area contributed by atoms with E-state index in [0.717, 1.165) is 11.2 Å². The minimum atomic E-state index is -0.447. The molecular formula is C11H14N4O2S. The van der Waals surface area contributed by atoms with Crippen LogP contribution in [0.3, 0.4) is 0 Å². The average molecular weight is 266 g/mol. The maximum atomic E-state index is 11.2. The Morgan fingerprint density at radius 3 is 2.94 bits per heavy atom. The first-order valence-electron chi connectivity index (χ1n) is 5.50. The van der Waals surface area contributed by atoms with E-state index >= 15 is 0 Å². The van der Waals surface area contributed by atoms with E-state index in [1.807, 2.05) is 19.2 Å². The smallest absolute Gasteiger partial charge is 0.237 e. The maximum Gasteiger partial charge on any atom is 0.237 e. The molecule has 0 spiro atoms. The number of primary amides is 1. The minimum Gasteiger partial charge on any atom is -0.368 e. The Kier molecular flexibility index (Phi) is 3.33. The van der Waals surface area contributed by atoms with E-state index in [9.17, 15) is 9.59 Å². The van der Waals surface area contributed by atoms with Crippen molar-refractivity contribution in [2.24, 2.45) is 5.73 Å². The van der Waals surface area contributed by atoms with Crippen LogP contribution in [0.1, 0.15) is 24.3 Å². The molecule has 2 aromatic heterocycles. The molecule has 2 rings (SSSR count). The van der Waals surface area contributed by atoms with Crippen molar-refractivity contribution in [3.05, 3.63) is 17.3 Å². The molecule has 2 heterocycles. The van der Waals surface area contributed by atoms with Gasteiger partial charge in [-0.05, 0) is 13.8 Å². The molecule has 18 heavy (non-hydrogen) atoms. The van der Waals surface area contributed by atoms with Gasteiger partial charge in [0, 0.05) is 17.6 Å². The maximum absolute atomic E-state index is 11.2. The zero-order chi connectivity index (χ0) is 13.3. The Morgan fingerprint density at radius 2 is 2.39 bits per heavy atom. The van der Waals surface area contributed by atoms with Gasteiger partial charge in [-0.3, -0.25) is 14.0 Å². The Morgan fingerprint density at radius 1 is 1.67 bits per heavy atom. The summed E-state index contributed by atoms with van der Waals surface area (Å²) in [5.74, 6) is 0.0579. The Balaban J connectivity index is 2.52. The number of carbonyl (C=O) groups excluding carboxylic acids is 2. The van der Waals surface area contributed by atoms with E-state index in [2.05, 4.69) is 4.98 Å². The van der Waals surface area contributed by atoms with Gasteiger partial charge in [0.2, 0.25) is 5.91 Å². The number of nitrogens with two attached hydrogens (primary N) is 1. The van der Waals surface area contributed by atoms with Crippen LogP contribution >= 0.6 is 11.3 Å². The van der Waals surface area contributed by atoms with Crippen molar-refractivity contribution in [2.45, 2.75) is 19.9 Å². The summed E-state index contributed by atoms with van der Waals surface area (Å²) in [7, 11) is 0. The summed E-state index contributed by atoms with van der Waals surface area (Å²) in [6.45, 7) is 3.89. The number of hydrogen-bond donors (Lipinski definition) is 1. The van der Waals surface area contributed by atoms with Gasteiger partial charge >= 0.3 is 0 Å². The van der Waals surface area contributed by atoms with E-state index in [-0.39, 0.29) is 12.6 Å². The van der Waals surface area contributed by atoms with Crippen molar-refractivity contribution < 1.29 is 9.59 Å². The van der Waals surface area contributed by atoms with Crippen molar-refractivity contribution in [1.29, 1.82) is 0 Å². The molecule has 0 atom stereocenters. The number of aldehydes is 1. The third kappa shape index (κ3) is 2.08. The molecule has 0 radical (unpaired) electrons. The normalized spacial score (nSPS) is 11.1. The molecule has 0 aliphatic heterocycles. The van der Waals surface area contributed by atoms with Gasteiger partial charge in [-0.1, -0.05) is 0 Å². The van der Waals surface area contributed by atoms with Crippen LogP contribution in [-0.2, 0) is 4.79 Å². The molecule has 0 bridgehead atoms. The fourth-order valence-electron chi connectivity index (χ4n) is 1.78. The summed E-state index contributed by atoms with van der Waals surface area (Å²) < 4.78 is 1.71. The monoisotopic (exact) mass is 266 g/mol. The van der Waals surface area contributed by atoms with Crippen LogP contribution in [0.15, 0.2) is 11.6 Å². The quantitative estimate of drug-likeness (QED) is 0.816. The number of amides is 1. The highest BCUT2D eigenvalue weighted by molar-refractivity contribution is 7.15. The van der Waals surface area contributed by atoms with Crippen molar-refractivity contribution in [2.75, 3.05) is 11.4 Å². The van der Waals surface area contributed by atoms with Gasteiger partial charge in [0.15, 0.2) is 17.1 Å². The fourth-order valence-corrected chi connectivity index (χ4v) is 2.50. The second-order valence-electron chi connectivity index (χ2n) is 4.18. The summed E-state index contributed by atoms with van der Waals surface area (Å²) >= 11 is 1.44. The van der Waals surface area contributed by atoms with Crippen LogP contribution in [0.25, 0.3) is 4.96 Å². The molecule has 2 aromatic rings. The molecule has 0 saturated carbocycles. The molecule has 6 nitrogen and oxygen atoms in total. The molecule has 0 unspecified atom stereocenters. The molecule has 0 aromatic carbocycles. The molecule has 0 saturated heterocycles. The number of imidazole rings is 1. The molecule has 0 aliphatic rings. The lowest BCUT2D eigenvalue weighted by Gasteiger charge is -2.25. The largest absolute Gasteiger partial charge is 0.368 e. The number of hydrogen-bond acceptors (Lipinski definition) is 5. The molecule has 0 fully saturated rings. The highest BCUT2D eigenvalue weighted by Gasteiger charge is 2.22. The number of nitrogens with zero attached hydrogens (tertiary/aromatic N) is 3. The summed E-state index contributed by atoms with van der Waals surface area (Å²) in [5.41, 5.74) is 5.67. The first-order valence-corrected chi connectivity index (χ1v) is 6.38. The summed E-state index contributed by atoms with van der Waals surface area (Å²) in [4.78, 5) is 29.2. The van der Waals surface area contributed by atoms with Gasteiger partial charge in [0.1, 0.15) is 5.69 Å². The van der Waals surface area contributed by atoms with Gasteiger partial charge in [-0.15, -0.1) is 11.3 Å². The highest BCUT2D eigenvalue weighted by atomic mass is 32.1. The standard InChI is InChI=1S/C11H14N4O2S/c1-7(2)15(5-9(12)17)10-8(6-16)14-3-4-18-11(14)13-10/h3-4,6-7H,5H2,1-2H3,(H2,12,17). The summed E-state index contributed by atoms with van der Waals surface area (Å²) in [5, 5.41) is 1.85. The van der Waals surface area contributed by atoms with Gasteiger partial charge in [0.05, 0.1) is 6.54 Å². The van der Waals surface area contributed by atoms with Gasteiger partial charge in [0.25, 0.3) is 0 Å². The Hall–Kier alpha value is -1.89. The lowest BCUT2D eigenvalue weighted by Crippen LogP contribution is -2.39. The predicted octanol–water partition coefficient (Wildman–Crippen LogP) is 0.908. The van der Waals surface area contributed by atoms with Crippen LogP contribution < -0.4 is 10.6 Å². The topological polar surface area (TPSA) is 80.7 Å². The number of carbonyl (C=O) groups is 2. The van der Waals surface area contributed by atoms with E-state index in [4.69, 9.17) is 5.73 Å². The number of thiazole rings is 1. The van der Waals surface area contributed by atoms with Crippen molar-refractivity contribution in [1.82, 2.24) is 9.38 Å². The Labute approximate surface area is 108 Å². The van der Waals surface area contributed by atoms with E-state index in [1.165, 1.54) is 11.3 Å². The van der Waals surface area contributed by atoms with E-state index in [1.54, 1.807) is 15.5 Å². The van der Waals surface area contributed by atoms with Gasteiger partial charge in [-0.2, -0.15) is 0 Å². The summed E-state index contributed by atoms with van der Waals surface area (Å²) in [6.07, 6.45) is 2.53. The van der Waals surface area contributed by atoms with Crippen molar-refractivity contribution >= 4 is 34.3 Å². The van der Waals surface area contributed by atoms with Crippen LogP contribution in [0.2, 0.25) is 0 Å². The number of aromatic nitrogens is 2. The van der Waals surface area contributed by atoms with Gasteiger partial charge < -0.3 is 10.6 Å². The molecule has 1 amide bonds. The zero-order valence-electron chi connectivity index (χ0n) is 10.2. The van der Waals surface area contributed by atoms with Crippen LogP contribution in [0.5, 0.6) is 0 Å². The van der Waals surface area contributed by atoms with E-state index < -0.39 is 5.91 Å². The van der Waals surface area contributed by atoms with Crippen LogP contribution in [0.4, 0.5) is 5.82 Å². The average Bonchev–Trinajstić information content (AvgIpc) is 2.84. The third-order valence-corrected chi connectivity index (χ3v) is 3.37. The molecular weight excluding hydrogens is 252 g/mol. The SMILES string of the molecule is CC(C)N(CC(N)=O)c1nc2sccn2c1C=O. The number of fused-ring (bicyclic) bond motifs is 1. The predicted molar refractivity (Wildman–Crippen MR) is 70.1 cm³/mol. The fraction of sp³-hybridized carbons (Fsp3) is 0.364. The lowest BCUT2D eigenvalue weighted by molar-refractivity contribution is -0.116. The number of rotatable bonds is 5. The molecule has 96 valence electrons. The lowest BCUT2D eigenvalue weighted by atomic mass is 10.3. The summed E-state index contributed by atoms with van der Waals surface area (Å²) in [6, 6.07) is 0.0285. The zero-order valence-corrected chi connectivity index (χ0v) is 11.0. The van der Waals surface area contributed by atoms with Crippen LogP contribution in [-0.4, -0.2) is 34.2 Å². The second-order valence-corrected chi connectivity index (χ2v) is 5.06. The first-order chi connectivity index (χ1) is 8.54. The van der Waals surface area contributed by atoms with Gasteiger partial charge in [-0.25, -0.2) is 4.98 Å². The Bertz CT molecular complexity index is 587.